The lowest BCUT2D eigenvalue weighted by atomic mass is 10.1. The molecule has 2 aromatic rings. The Morgan fingerprint density at radius 3 is 2.80 bits per heavy atom. The van der Waals surface area contributed by atoms with Gasteiger partial charge in [0.05, 0.1) is 11.9 Å². The van der Waals surface area contributed by atoms with Gasteiger partial charge in [-0.25, -0.2) is 9.67 Å². The van der Waals surface area contributed by atoms with E-state index in [9.17, 15) is 0 Å². The lowest BCUT2D eigenvalue weighted by Crippen LogP contribution is -2.15. The summed E-state index contributed by atoms with van der Waals surface area (Å²) in [4.78, 5) is 4.42. The van der Waals surface area contributed by atoms with Gasteiger partial charge < -0.3 is 5.32 Å². The molecule has 0 aliphatic carbocycles. The summed E-state index contributed by atoms with van der Waals surface area (Å²) in [6, 6.07) is 6.43. The molecule has 0 spiro atoms. The fraction of sp³-hybridized carbons (Fsp3) is 0.500. The molecule has 0 amide bonds. The van der Waals surface area contributed by atoms with E-state index in [1.807, 2.05) is 24.5 Å². The highest BCUT2D eigenvalue weighted by Gasteiger charge is 2.03. The van der Waals surface area contributed by atoms with Crippen LogP contribution in [0.1, 0.15) is 46.0 Å². The molecule has 20 heavy (non-hydrogen) atoms. The summed E-state index contributed by atoms with van der Waals surface area (Å²) in [5, 5.41) is 7.67. The van der Waals surface area contributed by atoms with Gasteiger partial charge in [-0.15, -0.1) is 0 Å². The normalized spacial score (nSPS) is 12.3. The fourth-order valence-corrected chi connectivity index (χ4v) is 2.25. The Kier molecular flexibility index (Phi) is 5.59. The summed E-state index contributed by atoms with van der Waals surface area (Å²) >= 11 is 0. The van der Waals surface area contributed by atoms with Crippen molar-refractivity contribution in [2.45, 2.75) is 52.0 Å². The SMILES string of the molecule is CCCCCCC(C)Nc1ccc(-n2cccn2)nc1. The van der Waals surface area contributed by atoms with E-state index in [1.165, 1.54) is 32.1 Å². The Morgan fingerprint density at radius 2 is 2.15 bits per heavy atom. The van der Waals surface area contributed by atoms with E-state index in [0.29, 0.717) is 6.04 Å². The molecule has 0 fully saturated rings. The van der Waals surface area contributed by atoms with Crippen molar-refractivity contribution in [3.8, 4) is 5.82 Å². The van der Waals surface area contributed by atoms with Crippen molar-refractivity contribution < 1.29 is 0 Å². The quantitative estimate of drug-likeness (QED) is 0.737. The first-order chi connectivity index (χ1) is 9.79. The highest BCUT2D eigenvalue weighted by Crippen LogP contribution is 2.13. The topological polar surface area (TPSA) is 42.7 Å². The maximum Gasteiger partial charge on any atom is 0.153 e. The van der Waals surface area contributed by atoms with Gasteiger partial charge in [-0.2, -0.15) is 5.10 Å². The second-order valence-electron chi connectivity index (χ2n) is 5.25. The lowest BCUT2D eigenvalue weighted by Gasteiger charge is -2.15. The zero-order valence-electron chi connectivity index (χ0n) is 12.4. The maximum absolute atomic E-state index is 4.42. The molecule has 0 radical (unpaired) electrons. The van der Waals surface area contributed by atoms with E-state index < -0.39 is 0 Å². The Hall–Kier alpha value is -1.84. The molecule has 0 saturated heterocycles. The van der Waals surface area contributed by atoms with Crippen LogP contribution in [0.25, 0.3) is 5.82 Å². The first-order valence-electron chi connectivity index (χ1n) is 7.52. The van der Waals surface area contributed by atoms with Gasteiger partial charge in [0.2, 0.25) is 0 Å². The summed E-state index contributed by atoms with van der Waals surface area (Å²) in [6.07, 6.45) is 12.0. The smallest absolute Gasteiger partial charge is 0.153 e. The minimum atomic E-state index is 0.490. The van der Waals surface area contributed by atoms with Crippen LogP contribution in [0.15, 0.2) is 36.8 Å². The maximum atomic E-state index is 4.42. The number of nitrogens with zero attached hydrogens (tertiary/aromatic N) is 3. The molecule has 0 saturated carbocycles. The molecule has 1 unspecified atom stereocenters. The van der Waals surface area contributed by atoms with Crippen LogP contribution in [0.4, 0.5) is 5.69 Å². The predicted molar refractivity (Wildman–Crippen MR) is 83.2 cm³/mol. The second-order valence-corrected chi connectivity index (χ2v) is 5.25. The summed E-state index contributed by atoms with van der Waals surface area (Å²) in [6.45, 7) is 4.47. The van der Waals surface area contributed by atoms with Gasteiger partial charge in [-0.05, 0) is 31.5 Å². The zero-order chi connectivity index (χ0) is 14.2. The molecule has 4 nitrogen and oxygen atoms in total. The Bertz CT molecular complexity index is 476. The molecule has 0 aliphatic rings. The second kappa shape index (κ2) is 7.68. The average molecular weight is 272 g/mol. The van der Waals surface area contributed by atoms with Gasteiger partial charge in [0.15, 0.2) is 5.82 Å². The molecule has 2 heterocycles. The summed E-state index contributed by atoms with van der Waals surface area (Å²) in [7, 11) is 0. The highest BCUT2D eigenvalue weighted by atomic mass is 15.3. The monoisotopic (exact) mass is 272 g/mol. The van der Waals surface area contributed by atoms with Crippen molar-refractivity contribution in [1.29, 1.82) is 0 Å². The van der Waals surface area contributed by atoms with Crippen LogP contribution in [0.2, 0.25) is 0 Å². The van der Waals surface area contributed by atoms with Crippen molar-refractivity contribution in [1.82, 2.24) is 14.8 Å². The molecule has 108 valence electrons. The van der Waals surface area contributed by atoms with Gasteiger partial charge in [-0.1, -0.05) is 32.6 Å². The Morgan fingerprint density at radius 1 is 1.25 bits per heavy atom. The third kappa shape index (κ3) is 4.37. The molecule has 2 aromatic heterocycles. The number of rotatable bonds is 8. The summed E-state index contributed by atoms with van der Waals surface area (Å²) < 4.78 is 1.76. The number of hydrogen-bond donors (Lipinski definition) is 1. The molecule has 1 N–H and O–H groups in total. The lowest BCUT2D eigenvalue weighted by molar-refractivity contribution is 0.594. The molecule has 0 bridgehead atoms. The molecular weight excluding hydrogens is 248 g/mol. The largest absolute Gasteiger partial charge is 0.381 e. The first kappa shape index (κ1) is 14.6. The van der Waals surface area contributed by atoms with Crippen LogP contribution in [0.3, 0.4) is 0 Å². The number of anilines is 1. The van der Waals surface area contributed by atoms with E-state index in [4.69, 9.17) is 0 Å². The van der Waals surface area contributed by atoms with Crippen molar-refractivity contribution in [2.24, 2.45) is 0 Å². The van der Waals surface area contributed by atoms with Crippen LogP contribution < -0.4 is 5.32 Å². The summed E-state index contributed by atoms with van der Waals surface area (Å²) in [5.41, 5.74) is 1.07. The van der Waals surface area contributed by atoms with Gasteiger partial charge >= 0.3 is 0 Å². The molecule has 4 heteroatoms. The van der Waals surface area contributed by atoms with Crippen molar-refractivity contribution in [3.05, 3.63) is 36.8 Å². The fourth-order valence-electron chi connectivity index (χ4n) is 2.25. The molecule has 1 atom stereocenters. The van der Waals surface area contributed by atoms with Crippen LogP contribution in [-0.4, -0.2) is 20.8 Å². The average Bonchev–Trinajstić information content (AvgIpc) is 2.99. The molecule has 2 rings (SSSR count). The summed E-state index contributed by atoms with van der Waals surface area (Å²) in [5.74, 6) is 0.844. The van der Waals surface area contributed by atoms with Crippen LogP contribution in [-0.2, 0) is 0 Å². The minimum absolute atomic E-state index is 0.490. The van der Waals surface area contributed by atoms with Crippen LogP contribution in [0, 0.1) is 0 Å². The minimum Gasteiger partial charge on any atom is -0.381 e. The number of hydrogen-bond acceptors (Lipinski definition) is 3. The van der Waals surface area contributed by atoms with Gasteiger partial charge in [0.25, 0.3) is 0 Å². The molecule has 0 aliphatic heterocycles. The van der Waals surface area contributed by atoms with Crippen LogP contribution in [0.5, 0.6) is 0 Å². The Balaban J connectivity index is 1.81. The van der Waals surface area contributed by atoms with E-state index in [0.717, 1.165) is 11.5 Å². The first-order valence-corrected chi connectivity index (χ1v) is 7.52. The standard InChI is InChI=1S/C16H24N4/c1-3-4-5-6-8-14(2)19-15-9-10-16(17-13-15)20-12-7-11-18-20/h7,9-14,19H,3-6,8H2,1-2H3. The van der Waals surface area contributed by atoms with E-state index >= 15 is 0 Å². The third-order valence-electron chi connectivity index (χ3n) is 3.39. The van der Waals surface area contributed by atoms with E-state index in [2.05, 4.69) is 35.3 Å². The number of nitrogens with one attached hydrogen (secondary N) is 1. The van der Waals surface area contributed by atoms with E-state index in [1.54, 1.807) is 10.9 Å². The van der Waals surface area contributed by atoms with E-state index in [-0.39, 0.29) is 0 Å². The van der Waals surface area contributed by atoms with Gasteiger partial charge in [-0.3, -0.25) is 0 Å². The van der Waals surface area contributed by atoms with Gasteiger partial charge in [0.1, 0.15) is 0 Å². The molecule has 0 aromatic carbocycles. The molecular formula is C16H24N4. The van der Waals surface area contributed by atoms with Crippen molar-refractivity contribution in [3.63, 3.8) is 0 Å². The van der Waals surface area contributed by atoms with Crippen molar-refractivity contribution in [2.75, 3.05) is 5.32 Å². The number of aromatic nitrogens is 3. The van der Waals surface area contributed by atoms with Crippen LogP contribution >= 0.6 is 0 Å². The van der Waals surface area contributed by atoms with Gasteiger partial charge in [0, 0.05) is 18.4 Å². The number of unbranched alkanes of at least 4 members (excludes halogenated alkanes) is 3. The predicted octanol–water partition coefficient (Wildman–Crippen LogP) is 4.04. The van der Waals surface area contributed by atoms with Crippen molar-refractivity contribution >= 4 is 5.69 Å². The zero-order valence-corrected chi connectivity index (χ0v) is 12.4. The third-order valence-corrected chi connectivity index (χ3v) is 3.39. The highest BCUT2D eigenvalue weighted by molar-refractivity contribution is 5.44. The Labute approximate surface area is 121 Å². The number of pyridine rings is 1.